The molecule has 6 heteroatoms. The molecular formula is C14H22Cl2N2OS. The Morgan fingerprint density at radius 3 is 2.60 bits per heavy atom. The molecule has 0 aromatic heterocycles. The van der Waals surface area contributed by atoms with E-state index in [1.165, 1.54) is 0 Å². The fraction of sp³-hybridized carbons (Fsp3) is 0.500. The van der Waals surface area contributed by atoms with Gasteiger partial charge in [-0.2, -0.15) is 0 Å². The zero-order chi connectivity index (χ0) is 14.1. The quantitative estimate of drug-likeness (QED) is 0.715. The van der Waals surface area contributed by atoms with Gasteiger partial charge in [-0.1, -0.05) is 18.5 Å². The van der Waals surface area contributed by atoms with E-state index in [0.29, 0.717) is 19.0 Å². The van der Waals surface area contributed by atoms with Crippen LogP contribution in [0.25, 0.3) is 0 Å². The second kappa shape index (κ2) is 11.3. The maximum absolute atomic E-state index is 11.6. The van der Waals surface area contributed by atoms with E-state index in [0.717, 1.165) is 22.2 Å². The molecule has 0 spiro atoms. The fourth-order valence-electron chi connectivity index (χ4n) is 1.57. The summed E-state index contributed by atoms with van der Waals surface area (Å²) in [6.45, 7) is 5.72. The zero-order valence-corrected chi connectivity index (χ0v) is 14.2. The summed E-state index contributed by atoms with van der Waals surface area (Å²) in [6.07, 6.45) is 0.534. The molecule has 1 rings (SSSR count). The van der Waals surface area contributed by atoms with Crippen molar-refractivity contribution in [1.82, 2.24) is 10.6 Å². The van der Waals surface area contributed by atoms with Gasteiger partial charge in [0, 0.05) is 34.7 Å². The Morgan fingerprint density at radius 2 is 2.00 bits per heavy atom. The van der Waals surface area contributed by atoms with Crippen LogP contribution in [0.15, 0.2) is 29.2 Å². The van der Waals surface area contributed by atoms with Gasteiger partial charge in [-0.3, -0.25) is 4.79 Å². The van der Waals surface area contributed by atoms with Crippen molar-refractivity contribution in [3.63, 3.8) is 0 Å². The number of halogens is 2. The van der Waals surface area contributed by atoms with Crippen molar-refractivity contribution >= 4 is 41.7 Å². The Balaban J connectivity index is 0.00000361. The molecule has 0 aliphatic carbocycles. The maximum atomic E-state index is 11.6. The molecule has 0 aliphatic rings. The molecule has 0 heterocycles. The Hall–Kier alpha value is -0.420. The fourth-order valence-corrected chi connectivity index (χ4v) is 2.55. The van der Waals surface area contributed by atoms with Gasteiger partial charge in [-0.05, 0) is 37.7 Å². The van der Waals surface area contributed by atoms with Crippen molar-refractivity contribution in [2.75, 3.05) is 18.8 Å². The van der Waals surface area contributed by atoms with Crippen LogP contribution >= 0.6 is 35.8 Å². The number of benzene rings is 1. The first kappa shape index (κ1) is 19.6. The average molecular weight is 337 g/mol. The predicted octanol–water partition coefficient (Wildman–Crippen LogP) is 3.36. The highest BCUT2D eigenvalue weighted by Gasteiger charge is 2.04. The number of carbonyl (C=O) groups is 1. The van der Waals surface area contributed by atoms with Gasteiger partial charge >= 0.3 is 0 Å². The van der Waals surface area contributed by atoms with Crippen molar-refractivity contribution in [3.05, 3.63) is 29.3 Å². The number of thioether (sulfide) groups is 1. The number of hydrogen-bond donors (Lipinski definition) is 2. The van der Waals surface area contributed by atoms with Crippen molar-refractivity contribution in [2.24, 2.45) is 0 Å². The molecule has 0 unspecified atom stereocenters. The van der Waals surface area contributed by atoms with Crippen LogP contribution in [0.5, 0.6) is 0 Å². The van der Waals surface area contributed by atoms with Gasteiger partial charge < -0.3 is 10.6 Å². The number of nitrogens with one attached hydrogen (secondary N) is 2. The first-order chi connectivity index (χ1) is 9.11. The molecule has 0 bridgehead atoms. The molecule has 0 saturated heterocycles. The maximum Gasteiger partial charge on any atom is 0.220 e. The lowest BCUT2D eigenvalue weighted by atomic mass is 10.3. The SMILES string of the molecule is CCN[C@H](C)CNC(=O)CCSc1ccc(Cl)cc1.Cl. The lowest BCUT2D eigenvalue weighted by Gasteiger charge is -2.13. The minimum absolute atomic E-state index is 0. The zero-order valence-electron chi connectivity index (χ0n) is 11.8. The first-order valence-electron chi connectivity index (χ1n) is 6.50. The Labute approximate surface area is 136 Å². The summed E-state index contributed by atoms with van der Waals surface area (Å²) >= 11 is 7.48. The summed E-state index contributed by atoms with van der Waals surface area (Å²) < 4.78 is 0. The van der Waals surface area contributed by atoms with Gasteiger partial charge in [0.15, 0.2) is 0 Å². The van der Waals surface area contributed by atoms with Gasteiger partial charge in [0.05, 0.1) is 0 Å². The summed E-state index contributed by atoms with van der Waals surface area (Å²) in [4.78, 5) is 12.8. The second-order valence-corrected chi connectivity index (χ2v) is 5.92. The monoisotopic (exact) mass is 336 g/mol. The smallest absolute Gasteiger partial charge is 0.220 e. The third kappa shape index (κ3) is 8.69. The molecule has 1 aromatic carbocycles. The number of likely N-dealkylation sites (N-methyl/N-ethyl adjacent to an activating group) is 1. The lowest BCUT2D eigenvalue weighted by Crippen LogP contribution is -2.38. The molecule has 0 saturated carbocycles. The molecule has 1 atom stereocenters. The van der Waals surface area contributed by atoms with E-state index in [9.17, 15) is 4.79 Å². The third-order valence-electron chi connectivity index (χ3n) is 2.57. The van der Waals surface area contributed by atoms with Crippen molar-refractivity contribution in [1.29, 1.82) is 0 Å². The van der Waals surface area contributed by atoms with Crippen LogP contribution in [0.3, 0.4) is 0 Å². The molecular weight excluding hydrogens is 315 g/mol. The summed E-state index contributed by atoms with van der Waals surface area (Å²) in [5.41, 5.74) is 0. The van der Waals surface area contributed by atoms with E-state index in [4.69, 9.17) is 11.6 Å². The van der Waals surface area contributed by atoms with Gasteiger partial charge in [0.2, 0.25) is 5.91 Å². The van der Waals surface area contributed by atoms with Gasteiger partial charge in [-0.25, -0.2) is 0 Å². The number of amides is 1. The molecule has 0 fully saturated rings. The minimum Gasteiger partial charge on any atom is -0.355 e. The van der Waals surface area contributed by atoms with Gasteiger partial charge in [0.25, 0.3) is 0 Å². The molecule has 0 radical (unpaired) electrons. The Morgan fingerprint density at radius 1 is 1.35 bits per heavy atom. The van der Waals surface area contributed by atoms with E-state index in [-0.39, 0.29) is 18.3 Å². The van der Waals surface area contributed by atoms with E-state index >= 15 is 0 Å². The van der Waals surface area contributed by atoms with Crippen LogP contribution < -0.4 is 10.6 Å². The van der Waals surface area contributed by atoms with Crippen LogP contribution in [0.2, 0.25) is 5.02 Å². The molecule has 1 aromatic rings. The molecule has 20 heavy (non-hydrogen) atoms. The molecule has 1 amide bonds. The van der Waals surface area contributed by atoms with Gasteiger partial charge in [0.1, 0.15) is 0 Å². The van der Waals surface area contributed by atoms with Crippen LogP contribution in [-0.2, 0) is 4.79 Å². The largest absolute Gasteiger partial charge is 0.355 e. The normalized spacial score (nSPS) is 11.6. The summed E-state index contributed by atoms with van der Waals surface area (Å²) in [6, 6.07) is 7.98. The molecule has 2 N–H and O–H groups in total. The van der Waals surface area contributed by atoms with Crippen molar-refractivity contribution in [3.8, 4) is 0 Å². The van der Waals surface area contributed by atoms with Crippen molar-refractivity contribution in [2.45, 2.75) is 31.2 Å². The van der Waals surface area contributed by atoms with Crippen molar-refractivity contribution < 1.29 is 4.79 Å². The van der Waals surface area contributed by atoms with Gasteiger partial charge in [-0.15, -0.1) is 24.2 Å². The van der Waals surface area contributed by atoms with Crippen LogP contribution in [-0.4, -0.2) is 30.8 Å². The van der Waals surface area contributed by atoms with E-state index in [1.807, 2.05) is 24.3 Å². The number of rotatable bonds is 8. The molecule has 114 valence electrons. The molecule has 3 nitrogen and oxygen atoms in total. The Kier molecular flexibility index (Phi) is 11.0. The minimum atomic E-state index is 0. The van der Waals surface area contributed by atoms with E-state index in [2.05, 4.69) is 24.5 Å². The third-order valence-corrected chi connectivity index (χ3v) is 3.84. The Bertz CT molecular complexity index is 387. The summed E-state index contributed by atoms with van der Waals surface area (Å²) in [5, 5.41) is 6.92. The predicted molar refractivity (Wildman–Crippen MR) is 90.2 cm³/mol. The number of carbonyl (C=O) groups excluding carboxylic acids is 1. The van der Waals surface area contributed by atoms with E-state index in [1.54, 1.807) is 11.8 Å². The van der Waals surface area contributed by atoms with Crippen LogP contribution in [0.1, 0.15) is 20.3 Å². The van der Waals surface area contributed by atoms with Crippen LogP contribution in [0.4, 0.5) is 0 Å². The highest BCUT2D eigenvalue weighted by atomic mass is 35.5. The number of hydrogen-bond acceptors (Lipinski definition) is 3. The topological polar surface area (TPSA) is 41.1 Å². The molecule has 0 aliphatic heterocycles. The lowest BCUT2D eigenvalue weighted by molar-refractivity contribution is -0.120. The first-order valence-corrected chi connectivity index (χ1v) is 7.86. The second-order valence-electron chi connectivity index (χ2n) is 4.32. The summed E-state index contributed by atoms with van der Waals surface area (Å²) in [5.74, 6) is 0.884. The van der Waals surface area contributed by atoms with E-state index < -0.39 is 0 Å². The highest BCUT2D eigenvalue weighted by Crippen LogP contribution is 2.20. The van der Waals surface area contributed by atoms with Crippen LogP contribution in [0, 0.1) is 0 Å². The standard InChI is InChI=1S/C14H21ClN2OS.ClH/c1-3-16-11(2)10-17-14(18)8-9-19-13-6-4-12(15)5-7-13;/h4-7,11,16H,3,8-10H2,1-2H3,(H,17,18);1H/t11-;/m1./s1. The highest BCUT2D eigenvalue weighted by molar-refractivity contribution is 7.99. The average Bonchev–Trinajstić information content (AvgIpc) is 2.39. The summed E-state index contributed by atoms with van der Waals surface area (Å²) in [7, 11) is 0.